The van der Waals surface area contributed by atoms with Gasteiger partial charge in [0.2, 0.25) is 5.91 Å². The summed E-state index contributed by atoms with van der Waals surface area (Å²) in [5.41, 5.74) is 7.12. The molecule has 1 aromatic carbocycles. The third-order valence-corrected chi connectivity index (χ3v) is 4.55. The number of aryl methyl sites for hydroxylation is 1. The van der Waals surface area contributed by atoms with Gasteiger partial charge in [-0.15, -0.1) is 0 Å². The number of carbonyl (C=O) groups is 1. The molecule has 1 fully saturated rings. The smallest absolute Gasteiger partial charge is 0.223 e. The predicted molar refractivity (Wildman–Crippen MR) is 90.9 cm³/mol. The van der Waals surface area contributed by atoms with Crippen LogP contribution in [0.15, 0.2) is 18.2 Å². The SMILES string of the molecule is COc1ccc(CCC(=O)N2CCCCC2C(C)N)cc1OC. The molecule has 1 heterocycles. The van der Waals surface area contributed by atoms with Crippen LogP contribution in [0.4, 0.5) is 0 Å². The lowest BCUT2D eigenvalue weighted by molar-refractivity contribution is -0.135. The van der Waals surface area contributed by atoms with Gasteiger partial charge in [0, 0.05) is 25.0 Å². The molecule has 0 radical (unpaired) electrons. The van der Waals surface area contributed by atoms with Crippen LogP contribution in [0.2, 0.25) is 0 Å². The van der Waals surface area contributed by atoms with E-state index in [1.165, 1.54) is 0 Å². The van der Waals surface area contributed by atoms with Gasteiger partial charge in [0.05, 0.1) is 14.2 Å². The zero-order valence-electron chi connectivity index (χ0n) is 14.4. The molecule has 0 aliphatic carbocycles. The Labute approximate surface area is 138 Å². The number of hydrogen-bond donors (Lipinski definition) is 1. The Hall–Kier alpha value is -1.75. The van der Waals surface area contributed by atoms with E-state index >= 15 is 0 Å². The zero-order valence-corrected chi connectivity index (χ0v) is 14.4. The maximum absolute atomic E-state index is 12.6. The van der Waals surface area contributed by atoms with E-state index in [2.05, 4.69) is 0 Å². The van der Waals surface area contributed by atoms with Crippen LogP contribution >= 0.6 is 0 Å². The molecule has 5 nitrogen and oxygen atoms in total. The summed E-state index contributed by atoms with van der Waals surface area (Å²) < 4.78 is 10.5. The zero-order chi connectivity index (χ0) is 16.8. The molecule has 128 valence electrons. The first-order valence-electron chi connectivity index (χ1n) is 8.32. The largest absolute Gasteiger partial charge is 0.493 e. The van der Waals surface area contributed by atoms with E-state index in [0.717, 1.165) is 31.4 Å². The fourth-order valence-corrected chi connectivity index (χ4v) is 3.24. The first kappa shape index (κ1) is 17.6. The monoisotopic (exact) mass is 320 g/mol. The molecule has 1 aliphatic rings. The number of hydrogen-bond acceptors (Lipinski definition) is 4. The molecule has 2 atom stereocenters. The number of nitrogens with two attached hydrogens (primary N) is 1. The lowest BCUT2D eigenvalue weighted by Gasteiger charge is -2.38. The number of piperidine rings is 1. The van der Waals surface area contributed by atoms with Gasteiger partial charge < -0.3 is 20.1 Å². The van der Waals surface area contributed by atoms with Crippen molar-refractivity contribution in [2.45, 2.75) is 51.1 Å². The highest BCUT2D eigenvalue weighted by Crippen LogP contribution is 2.28. The van der Waals surface area contributed by atoms with Crippen molar-refractivity contribution in [1.29, 1.82) is 0 Å². The summed E-state index contributed by atoms with van der Waals surface area (Å²) >= 11 is 0. The van der Waals surface area contributed by atoms with Crippen LogP contribution in [0.1, 0.15) is 38.2 Å². The van der Waals surface area contributed by atoms with Gasteiger partial charge in [-0.05, 0) is 50.3 Å². The van der Waals surface area contributed by atoms with Crippen molar-refractivity contribution in [2.75, 3.05) is 20.8 Å². The molecule has 0 bridgehead atoms. The van der Waals surface area contributed by atoms with E-state index in [1.54, 1.807) is 14.2 Å². The number of rotatable bonds is 6. The molecule has 1 saturated heterocycles. The minimum atomic E-state index is 0.0281. The lowest BCUT2D eigenvalue weighted by atomic mass is 9.96. The third-order valence-electron chi connectivity index (χ3n) is 4.55. The topological polar surface area (TPSA) is 64.8 Å². The maximum Gasteiger partial charge on any atom is 0.223 e. The number of nitrogens with zero attached hydrogens (tertiary/aromatic N) is 1. The van der Waals surface area contributed by atoms with Crippen LogP contribution in [0, 0.1) is 0 Å². The molecule has 0 aromatic heterocycles. The van der Waals surface area contributed by atoms with E-state index < -0.39 is 0 Å². The molecule has 0 spiro atoms. The van der Waals surface area contributed by atoms with E-state index in [1.807, 2.05) is 30.0 Å². The fraction of sp³-hybridized carbons (Fsp3) is 0.611. The third kappa shape index (κ3) is 4.38. The summed E-state index contributed by atoms with van der Waals surface area (Å²) in [4.78, 5) is 14.6. The maximum atomic E-state index is 12.6. The van der Waals surface area contributed by atoms with Crippen LogP contribution in [-0.2, 0) is 11.2 Å². The molecular formula is C18H28N2O3. The first-order chi connectivity index (χ1) is 11.1. The second-order valence-corrected chi connectivity index (χ2v) is 6.20. The average Bonchev–Trinajstić information content (AvgIpc) is 2.59. The van der Waals surface area contributed by atoms with Crippen LogP contribution in [0.3, 0.4) is 0 Å². The van der Waals surface area contributed by atoms with Crippen molar-refractivity contribution in [3.8, 4) is 11.5 Å². The van der Waals surface area contributed by atoms with Crippen molar-refractivity contribution in [3.05, 3.63) is 23.8 Å². The lowest BCUT2D eigenvalue weighted by Crippen LogP contribution is -2.51. The van der Waals surface area contributed by atoms with Gasteiger partial charge in [-0.25, -0.2) is 0 Å². The van der Waals surface area contributed by atoms with Crippen molar-refractivity contribution in [3.63, 3.8) is 0 Å². The fourth-order valence-electron chi connectivity index (χ4n) is 3.24. The summed E-state index contributed by atoms with van der Waals surface area (Å²) in [6, 6.07) is 6.01. The minimum absolute atomic E-state index is 0.0281. The van der Waals surface area contributed by atoms with E-state index in [9.17, 15) is 4.79 Å². The first-order valence-corrected chi connectivity index (χ1v) is 8.32. The van der Waals surface area contributed by atoms with Crippen molar-refractivity contribution >= 4 is 5.91 Å². The number of carbonyl (C=O) groups excluding carboxylic acids is 1. The number of amides is 1. The number of ether oxygens (including phenoxy) is 2. The van der Waals surface area contributed by atoms with Gasteiger partial charge >= 0.3 is 0 Å². The summed E-state index contributed by atoms with van der Waals surface area (Å²) in [6.07, 6.45) is 4.44. The number of methoxy groups -OCH3 is 2. The van der Waals surface area contributed by atoms with Crippen molar-refractivity contribution in [2.24, 2.45) is 5.73 Å². The normalized spacial score (nSPS) is 19.3. The van der Waals surface area contributed by atoms with Gasteiger partial charge in [0.25, 0.3) is 0 Å². The van der Waals surface area contributed by atoms with E-state index in [4.69, 9.17) is 15.2 Å². The van der Waals surface area contributed by atoms with Crippen LogP contribution in [0.25, 0.3) is 0 Å². The molecule has 2 unspecified atom stereocenters. The molecule has 1 amide bonds. The molecule has 5 heteroatoms. The number of likely N-dealkylation sites (tertiary alicyclic amines) is 1. The molecule has 2 rings (SSSR count). The second-order valence-electron chi connectivity index (χ2n) is 6.20. The molecular weight excluding hydrogens is 292 g/mol. The summed E-state index contributed by atoms with van der Waals surface area (Å²) in [5.74, 6) is 1.60. The Bertz CT molecular complexity index is 531. The van der Waals surface area contributed by atoms with Gasteiger partial charge in [-0.3, -0.25) is 4.79 Å². The minimum Gasteiger partial charge on any atom is -0.493 e. The Morgan fingerprint density at radius 3 is 2.70 bits per heavy atom. The Morgan fingerprint density at radius 2 is 2.04 bits per heavy atom. The average molecular weight is 320 g/mol. The van der Waals surface area contributed by atoms with E-state index in [-0.39, 0.29) is 18.0 Å². The Morgan fingerprint density at radius 1 is 1.30 bits per heavy atom. The standard InChI is InChI=1S/C18H28N2O3/c1-13(19)15-6-4-5-11-20(15)18(21)10-8-14-7-9-16(22-2)17(12-14)23-3/h7,9,12-13,15H,4-6,8,10-11,19H2,1-3H3. The van der Waals surface area contributed by atoms with Gasteiger partial charge in [-0.2, -0.15) is 0 Å². The van der Waals surface area contributed by atoms with Crippen LogP contribution in [0.5, 0.6) is 11.5 Å². The summed E-state index contributed by atoms with van der Waals surface area (Å²) in [5, 5.41) is 0. The highest BCUT2D eigenvalue weighted by molar-refractivity contribution is 5.77. The Kier molecular flexibility index (Phi) is 6.28. The molecule has 23 heavy (non-hydrogen) atoms. The van der Waals surface area contributed by atoms with Crippen molar-refractivity contribution < 1.29 is 14.3 Å². The summed E-state index contributed by atoms with van der Waals surface area (Å²) in [7, 11) is 3.24. The van der Waals surface area contributed by atoms with E-state index in [0.29, 0.717) is 24.3 Å². The predicted octanol–water partition coefficient (Wildman–Crippen LogP) is 2.36. The van der Waals surface area contributed by atoms with Crippen LogP contribution in [-0.4, -0.2) is 43.7 Å². The summed E-state index contributed by atoms with van der Waals surface area (Å²) in [6.45, 7) is 2.82. The Balaban J connectivity index is 1.98. The van der Waals surface area contributed by atoms with Crippen molar-refractivity contribution in [1.82, 2.24) is 4.90 Å². The molecule has 0 saturated carbocycles. The highest BCUT2D eigenvalue weighted by atomic mass is 16.5. The van der Waals surface area contributed by atoms with Gasteiger partial charge in [-0.1, -0.05) is 6.07 Å². The number of benzene rings is 1. The van der Waals surface area contributed by atoms with Gasteiger partial charge in [0.15, 0.2) is 11.5 Å². The second kappa shape index (κ2) is 8.20. The van der Waals surface area contributed by atoms with Crippen LogP contribution < -0.4 is 15.2 Å². The highest BCUT2D eigenvalue weighted by Gasteiger charge is 2.28. The molecule has 1 aliphatic heterocycles. The van der Waals surface area contributed by atoms with Gasteiger partial charge in [0.1, 0.15) is 0 Å². The molecule has 1 aromatic rings. The molecule has 2 N–H and O–H groups in total. The quantitative estimate of drug-likeness (QED) is 0.874.